The zero-order chi connectivity index (χ0) is 35.2. The Morgan fingerprint density at radius 1 is 0.596 bits per heavy atom. The minimum Gasteiger partial charge on any atom is -0.353 e. The van der Waals surface area contributed by atoms with Crippen LogP contribution < -0.4 is 21.1 Å². The van der Waals surface area contributed by atoms with Crippen molar-refractivity contribution >= 4 is 56.7 Å². The van der Waals surface area contributed by atoms with E-state index in [9.17, 15) is 0 Å². The lowest BCUT2D eigenvalue weighted by Crippen LogP contribution is -2.47. The maximum Gasteiger partial charge on any atom is 0.197 e. The Morgan fingerprint density at radius 3 is 1.98 bits per heavy atom. The molecule has 1 radical (unpaired) electrons. The summed E-state index contributed by atoms with van der Waals surface area (Å²) < 4.78 is 0. The third-order valence-electron chi connectivity index (χ3n) is 11.6. The predicted octanol–water partition coefficient (Wildman–Crippen LogP) is 11.2. The monoisotopic (exact) mass is 687 g/mol. The molecule has 1 N–H and O–H groups in total. The number of nitrogens with one attached hydrogen (secondary N) is 1. The van der Waals surface area contributed by atoms with Crippen molar-refractivity contribution < 1.29 is 0 Å². The largest absolute Gasteiger partial charge is 0.353 e. The first-order valence-electron chi connectivity index (χ1n) is 18.3. The van der Waals surface area contributed by atoms with Gasteiger partial charge in [0, 0.05) is 26.7 Å². The molecule has 251 valence electrons. The fraction of sp³-hybridized carbons (Fsp3) is 0.125. The molecular weight excluding hydrogens is 647 g/mol. The van der Waals surface area contributed by atoms with Crippen molar-refractivity contribution in [1.29, 1.82) is 0 Å². The number of fused-ring (bicyclic) bond motifs is 6. The fourth-order valence-corrected chi connectivity index (χ4v) is 11.6. The second-order valence-corrected chi connectivity index (χ2v) is 18.5. The van der Waals surface area contributed by atoms with Crippen molar-refractivity contribution in [2.75, 3.05) is 22.7 Å². The summed E-state index contributed by atoms with van der Waals surface area (Å²) in [4.78, 5) is 5.41. The maximum atomic E-state index is 3.94. The van der Waals surface area contributed by atoms with Crippen LogP contribution in [0.2, 0.25) is 0 Å². The van der Waals surface area contributed by atoms with Crippen LogP contribution in [-0.4, -0.2) is 19.8 Å². The van der Waals surface area contributed by atoms with Crippen molar-refractivity contribution in [2.24, 2.45) is 0 Å². The van der Waals surface area contributed by atoms with Crippen LogP contribution in [0, 0.1) is 0 Å². The standard InChI is InChI=1S/C48H40BN2S/c1-31(2)32-29-36(35-21-15-28-44-46(35)50-40-25-12-14-27-43(40)52(44,3)4)45-42(30-32)51-41-26-13-11-22-37(41)48(33-17-7-5-8-18-33,34-19-9-6-10-20-34)38-23-16-24-39(49-45)47(38)51/h5-31,50H,1-4H3. The number of hydrogen-bond acceptors (Lipinski definition) is 2. The Hall–Kier alpha value is -5.45. The van der Waals surface area contributed by atoms with E-state index in [2.05, 4.69) is 202 Å². The van der Waals surface area contributed by atoms with Crippen LogP contribution in [0.4, 0.5) is 28.4 Å². The molecule has 2 nitrogen and oxygen atoms in total. The number of para-hydroxylation sites is 4. The molecule has 0 unspecified atom stereocenters. The first-order valence-corrected chi connectivity index (χ1v) is 20.7. The summed E-state index contributed by atoms with van der Waals surface area (Å²) in [5.74, 6) is 0.351. The van der Waals surface area contributed by atoms with E-state index in [4.69, 9.17) is 0 Å². The highest BCUT2D eigenvalue weighted by Gasteiger charge is 2.48. The van der Waals surface area contributed by atoms with Crippen molar-refractivity contribution in [3.63, 3.8) is 0 Å². The lowest BCUT2D eigenvalue weighted by atomic mass is 9.54. The van der Waals surface area contributed by atoms with E-state index >= 15 is 0 Å². The Labute approximate surface area is 309 Å². The summed E-state index contributed by atoms with van der Waals surface area (Å²) in [5.41, 5.74) is 17.2. The summed E-state index contributed by atoms with van der Waals surface area (Å²) in [5, 5.41) is 3.94. The van der Waals surface area contributed by atoms with Gasteiger partial charge >= 0.3 is 0 Å². The number of anilines is 5. The van der Waals surface area contributed by atoms with Gasteiger partial charge in [0.05, 0.1) is 22.5 Å². The molecule has 10 rings (SSSR count). The SMILES string of the molecule is CC(C)c1cc(-c2cccc3c2Nc2ccccc2S3(C)C)c2c(c1)N1c3ccccc3C(c3ccccc3)(c3ccccc3)c3cccc(c31)[B]2. The summed E-state index contributed by atoms with van der Waals surface area (Å²) in [6.45, 7) is 4.64. The molecular formula is C48H40BN2S. The molecule has 0 atom stereocenters. The molecule has 0 aromatic heterocycles. The average Bonchev–Trinajstić information content (AvgIpc) is 3.18. The normalized spacial score (nSPS) is 15.9. The molecule has 0 spiro atoms. The van der Waals surface area contributed by atoms with Gasteiger partial charge in [0.2, 0.25) is 0 Å². The molecule has 0 saturated carbocycles. The van der Waals surface area contributed by atoms with Crippen molar-refractivity contribution in [3.05, 3.63) is 186 Å². The van der Waals surface area contributed by atoms with E-state index in [1.54, 1.807) is 0 Å². The molecule has 0 bridgehead atoms. The molecule has 0 fully saturated rings. The van der Waals surface area contributed by atoms with Crippen LogP contribution in [0.15, 0.2) is 168 Å². The van der Waals surface area contributed by atoms with Gasteiger partial charge in [-0.15, -0.1) is 0 Å². The second-order valence-electron chi connectivity index (χ2n) is 15.0. The van der Waals surface area contributed by atoms with Crippen molar-refractivity contribution in [1.82, 2.24) is 0 Å². The molecule has 3 heterocycles. The first-order chi connectivity index (χ1) is 25.4. The topological polar surface area (TPSA) is 15.3 Å². The quantitative estimate of drug-likeness (QED) is 0.185. The van der Waals surface area contributed by atoms with Crippen LogP contribution >= 0.6 is 10.0 Å². The van der Waals surface area contributed by atoms with Gasteiger partial charge < -0.3 is 10.2 Å². The Morgan fingerprint density at radius 2 is 1.23 bits per heavy atom. The van der Waals surface area contributed by atoms with E-state index in [1.165, 1.54) is 88.1 Å². The molecule has 3 aliphatic heterocycles. The van der Waals surface area contributed by atoms with Crippen LogP contribution in [0.3, 0.4) is 0 Å². The maximum absolute atomic E-state index is 3.94. The van der Waals surface area contributed by atoms with Gasteiger partial charge in [0.1, 0.15) is 0 Å². The Kier molecular flexibility index (Phi) is 6.94. The van der Waals surface area contributed by atoms with Gasteiger partial charge in [-0.25, -0.2) is 0 Å². The molecule has 0 amide bonds. The summed E-state index contributed by atoms with van der Waals surface area (Å²) >= 11 is 0. The van der Waals surface area contributed by atoms with E-state index in [-0.39, 0.29) is 0 Å². The van der Waals surface area contributed by atoms with Gasteiger partial charge in [-0.3, -0.25) is 0 Å². The molecule has 52 heavy (non-hydrogen) atoms. The fourth-order valence-electron chi connectivity index (χ4n) is 9.18. The molecule has 7 aromatic carbocycles. The highest BCUT2D eigenvalue weighted by Crippen LogP contribution is 2.66. The van der Waals surface area contributed by atoms with E-state index < -0.39 is 15.4 Å². The number of benzene rings is 7. The Bertz CT molecular complexity index is 2500. The molecule has 3 aliphatic rings. The third-order valence-corrected chi connectivity index (χ3v) is 14.5. The molecule has 7 aromatic rings. The van der Waals surface area contributed by atoms with E-state index in [0.717, 1.165) is 0 Å². The zero-order valence-electron chi connectivity index (χ0n) is 30.0. The summed E-state index contributed by atoms with van der Waals surface area (Å²) in [6, 6.07) is 59.0. The van der Waals surface area contributed by atoms with E-state index in [1.807, 2.05) is 0 Å². The van der Waals surface area contributed by atoms with Crippen molar-refractivity contribution in [2.45, 2.75) is 35.0 Å². The van der Waals surface area contributed by atoms with Gasteiger partial charge in [-0.2, -0.15) is 10.0 Å². The summed E-state index contributed by atoms with van der Waals surface area (Å²) in [6.07, 6.45) is 4.88. The highest BCUT2D eigenvalue weighted by atomic mass is 32.3. The highest BCUT2D eigenvalue weighted by molar-refractivity contribution is 8.33. The second kappa shape index (κ2) is 11.5. The number of nitrogens with zero attached hydrogens (tertiary/aromatic N) is 1. The lowest BCUT2D eigenvalue weighted by Gasteiger charge is -2.49. The summed E-state index contributed by atoms with van der Waals surface area (Å²) in [7, 11) is 1.24. The van der Waals surface area contributed by atoms with E-state index in [0.29, 0.717) is 5.92 Å². The first kappa shape index (κ1) is 31.3. The number of rotatable bonds is 4. The van der Waals surface area contributed by atoms with Crippen LogP contribution in [0.25, 0.3) is 11.1 Å². The molecule has 4 heteroatoms. The minimum absolute atomic E-state index is 0.351. The predicted molar refractivity (Wildman–Crippen MR) is 223 cm³/mol. The van der Waals surface area contributed by atoms with Gasteiger partial charge in [-0.05, 0) is 87.6 Å². The van der Waals surface area contributed by atoms with Crippen LogP contribution in [0.5, 0.6) is 0 Å². The zero-order valence-corrected chi connectivity index (χ0v) is 30.8. The van der Waals surface area contributed by atoms with Crippen LogP contribution in [0.1, 0.15) is 47.6 Å². The molecule has 0 aliphatic carbocycles. The van der Waals surface area contributed by atoms with Crippen LogP contribution in [-0.2, 0) is 5.41 Å². The minimum atomic E-state index is -1.23. The smallest absolute Gasteiger partial charge is 0.197 e. The average molecular weight is 688 g/mol. The van der Waals surface area contributed by atoms with Gasteiger partial charge in [0.25, 0.3) is 0 Å². The lowest BCUT2D eigenvalue weighted by molar-refractivity contribution is 0.732. The number of hydrogen-bond donors (Lipinski definition) is 1. The molecule has 0 saturated heterocycles. The van der Waals surface area contributed by atoms with Crippen molar-refractivity contribution in [3.8, 4) is 11.1 Å². The van der Waals surface area contributed by atoms with Gasteiger partial charge in [-0.1, -0.05) is 147 Å². The Balaban J connectivity index is 1.27. The third kappa shape index (κ3) is 4.28. The van der Waals surface area contributed by atoms with Gasteiger partial charge in [0.15, 0.2) is 7.28 Å².